The van der Waals surface area contributed by atoms with E-state index >= 15 is 0 Å². The third kappa shape index (κ3) is 9.24. The van der Waals surface area contributed by atoms with E-state index in [1.54, 1.807) is 0 Å². The van der Waals surface area contributed by atoms with Gasteiger partial charge in [-0.05, 0) is 25.2 Å². The van der Waals surface area contributed by atoms with Gasteiger partial charge in [-0.15, -0.1) is 24.0 Å². The van der Waals surface area contributed by atoms with E-state index in [1.165, 1.54) is 6.42 Å². The molecule has 0 aliphatic heterocycles. The molecule has 0 aromatic rings. The first-order valence-corrected chi connectivity index (χ1v) is 5.94. The Bertz CT molecular complexity index is 191. The summed E-state index contributed by atoms with van der Waals surface area (Å²) in [7, 11) is 1.82. The molecule has 1 atom stereocenters. The molecule has 0 heterocycles. The molecule has 4 heteroatoms. The minimum atomic E-state index is 0. The highest BCUT2D eigenvalue weighted by atomic mass is 127. The van der Waals surface area contributed by atoms with E-state index in [0.717, 1.165) is 18.4 Å². The fourth-order valence-corrected chi connectivity index (χ4v) is 1.06. The predicted molar refractivity (Wildman–Crippen MR) is 83.7 cm³/mol. The van der Waals surface area contributed by atoms with Gasteiger partial charge in [-0.3, -0.25) is 4.99 Å². The zero-order valence-corrected chi connectivity index (χ0v) is 13.8. The standard InChI is InChI=1S/C12H27N3.HI/c1-9(2)7-8-14-12(13-6)15-11(5)10(3)4;/h9-11H,7-8H2,1-6H3,(H2,13,14,15);1H. The molecule has 0 aliphatic rings. The van der Waals surface area contributed by atoms with Crippen LogP contribution >= 0.6 is 24.0 Å². The summed E-state index contributed by atoms with van der Waals surface area (Å²) in [5.74, 6) is 2.27. The summed E-state index contributed by atoms with van der Waals surface area (Å²) < 4.78 is 0. The van der Waals surface area contributed by atoms with Gasteiger partial charge in [0.1, 0.15) is 0 Å². The van der Waals surface area contributed by atoms with E-state index in [4.69, 9.17) is 0 Å². The van der Waals surface area contributed by atoms with Crippen LogP contribution in [0.1, 0.15) is 41.0 Å². The highest BCUT2D eigenvalue weighted by Crippen LogP contribution is 1.99. The van der Waals surface area contributed by atoms with E-state index in [9.17, 15) is 0 Å². The second-order valence-electron chi connectivity index (χ2n) is 4.86. The second kappa shape index (κ2) is 10.2. The number of halogens is 1. The second-order valence-corrected chi connectivity index (χ2v) is 4.86. The maximum absolute atomic E-state index is 4.20. The number of guanidine groups is 1. The van der Waals surface area contributed by atoms with Crippen molar-refractivity contribution >= 4 is 29.9 Å². The van der Waals surface area contributed by atoms with Crippen LogP contribution in [0.15, 0.2) is 4.99 Å². The first-order chi connectivity index (χ1) is 6.97. The van der Waals surface area contributed by atoms with Crippen molar-refractivity contribution in [3.05, 3.63) is 0 Å². The molecule has 0 spiro atoms. The molecule has 3 nitrogen and oxygen atoms in total. The van der Waals surface area contributed by atoms with Crippen LogP contribution in [0.3, 0.4) is 0 Å². The molecule has 0 aliphatic carbocycles. The number of aliphatic imine (C=N–C) groups is 1. The van der Waals surface area contributed by atoms with Gasteiger partial charge in [0.25, 0.3) is 0 Å². The third-order valence-corrected chi connectivity index (χ3v) is 2.60. The SMILES string of the molecule is CN=C(NCCC(C)C)NC(C)C(C)C.I. The zero-order chi connectivity index (χ0) is 11.8. The van der Waals surface area contributed by atoms with E-state index in [-0.39, 0.29) is 24.0 Å². The van der Waals surface area contributed by atoms with Crippen LogP contribution in [0.4, 0.5) is 0 Å². The Morgan fingerprint density at radius 3 is 2.06 bits per heavy atom. The summed E-state index contributed by atoms with van der Waals surface area (Å²) in [4.78, 5) is 4.20. The quantitative estimate of drug-likeness (QED) is 0.458. The monoisotopic (exact) mass is 341 g/mol. The van der Waals surface area contributed by atoms with Gasteiger partial charge >= 0.3 is 0 Å². The van der Waals surface area contributed by atoms with Gasteiger partial charge in [0.15, 0.2) is 5.96 Å². The lowest BCUT2D eigenvalue weighted by Crippen LogP contribution is -2.44. The summed E-state index contributed by atoms with van der Waals surface area (Å²) in [5, 5.41) is 6.70. The Morgan fingerprint density at radius 2 is 1.69 bits per heavy atom. The Morgan fingerprint density at radius 1 is 1.12 bits per heavy atom. The normalized spacial score (nSPS) is 13.6. The summed E-state index contributed by atoms with van der Waals surface area (Å²) in [6.07, 6.45) is 1.18. The van der Waals surface area contributed by atoms with Crippen molar-refractivity contribution < 1.29 is 0 Å². The lowest BCUT2D eigenvalue weighted by atomic mass is 10.1. The minimum Gasteiger partial charge on any atom is -0.356 e. The average molecular weight is 341 g/mol. The van der Waals surface area contributed by atoms with Crippen LogP contribution in [-0.2, 0) is 0 Å². The van der Waals surface area contributed by atoms with Crippen LogP contribution in [0.2, 0.25) is 0 Å². The Kier molecular flexibility index (Phi) is 11.7. The van der Waals surface area contributed by atoms with Crippen molar-refractivity contribution in [3.63, 3.8) is 0 Å². The average Bonchev–Trinajstić information content (AvgIpc) is 2.15. The van der Waals surface area contributed by atoms with Crippen molar-refractivity contribution in [2.75, 3.05) is 13.6 Å². The van der Waals surface area contributed by atoms with Gasteiger partial charge in [-0.2, -0.15) is 0 Å². The van der Waals surface area contributed by atoms with Crippen LogP contribution in [-0.4, -0.2) is 25.6 Å². The molecule has 0 aromatic carbocycles. The van der Waals surface area contributed by atoms with Gasteiger partial charge in [0.2, 0.25) is 0 Å². The van der Waals surface area contributed by atoms with Gasteiger partial charge in [0.05, 0.1) is 0 Å². The Hall–Kier alpha value is 0. The molecule has 0 aromatic heterocycles. The van der Waals surface area contributed by atoms with Crippen molar-refractivity contribution in [2.24, 2.45) is 16.8 Å². The molecule has 0 radical (unpaired) electrons. The summed E-state index contributed by atoms with van der Waals surface area (Å²) in [5.41, 5.74) is 0. The van der Waals surface area contributed by atoms with E-state index < -0.39 is 0 Å². The van der Waals surface area contributed by atoms with Gasteiger partial charge in [0, 0.05) is 19.6 Å². The molecule has 1 unspecified atom stereocenters. The minimum absolute atomic E-state index is 0. The summed E-state index contributed by atoms with van der Waals surface area (Å²) >= 11 is 0. The molecular formula is C12H28IN3. The van der Waals surface area contributed by atoms with Crippen molar-refractivity contribution in [1.29, 1.82) is 0 Å². The lowest BCUT2D eigenvalue weighted by molar-refractivity contribution is 0.478. The largest absolute Gasteiger partial charge is 0.356 e. The molecule has 98 valence electrons. The molecule has 2 N–H and O–H groups in total. The fraction of sp³-hybridized carbons (Fsp3) is 0.917. The van der Waals surface area contributed by atoms with Crippen molar-refractivity contribution in [1.82, 2.24) is 10.6 Å². The number of nitrogens with zero attached hydrogens (tertiary/aromatic N) is 1. The summed E-state index contributed by atoms with van der Waals surface area (Å²) in [6, 6.07) is 0.454. The van der Waals surface area contributed by atoms with Crippen LogP contribution in [0.5, 0.6) is 0 Å². The lowest BCUT2D eigenvalue weighted by Gasteiger charge is -2.21. The van der Waals surface area contributed by atoms with Crippen molar-refractivity contribution in [3.8, 4) is 0 Å². The van der Waals surface area contributed by atoms with Crippen LogP contribution in [0, 0.1) is 11.8 Å². The first-order valence-electron chi connectivity index (χ1n) is 5.94. The van der Waals surface area contributed by atoms with E-state index in [0.29, 0.717) is 12.0 Å². The van der Waals surface area contributed by atoms with E-state index in [1.807, 2.05) is 7.05 Å². The Labute approximate surface area is 118 Å². The molecule has 0 saturated heterocycles. The fourth-order valence-electron chi connectivity index (χ4n) is 1.06. The van der Waals surface area contributed by atoms with Gasteiger partial charge in [-0.25, -0.2) is 0 Å². The molecule has 0 saturated carbocycles. The topological polar surface area (TPSA) is 36.4 Å². The molecule has 0 rings (SSSR count). The number of nitrogens with one attached hydrogen (secondary N) is 2. The van der Waals surface area contributed by atoms with Gasteiger partial charge < -0.3 is 10.6 Å². The highest BCUT2D eigenvalue weighted by molar-refractivity contribution is 14.0. The smallest absolute Gasteiger partial charge is 0.191 e. The first kappa shape index (κ1) is 18.4. The van der Waals surface area contributed by atoms with Crippen LogP contribution < -0.4 is 10.6 Å². The molecule has 0 fully saturated rings. The van der Waals surface area contributed by atoms with Crippen LogP contribution in [0.25, 0.3) is 0 Å². The number of hydrogen-bond donors (Lipinski definition) is 2. The molecule has 0 bridgehead atoms. The maximum atomic E-state index is 4.20. The zero-order valence-electron chi connectivity index (χ0n) is 11.5. The van der Waals surface area contributed by atoms with E-state index in [2.05, 4.69) is 50.2 Å². The maximum Gasteiger partial charge on any atom is 0.191 e. The Balaban J connectivity index is 0. The molecule has 0 amide bonds. The number of rotatable bonds is 5. The molecule has 16 heavy (non-hydrogen) atoms. The highest BCUT2D eigenvalue weighted by Gasteiger charge is 2.08. The van der Waals surface area contributed by atoms with Gasteiger partial charge in [-0.1, -0.05) is 27.7 Å². The third-order valence-electron chi connectivity index (χ3n) is 2.60. The summed E-state index contributed by atoms with van der Waals surface area (Å²) in [6.45, 7) is 12.0. The molecular weight excluding hydrogens is 313 g/mol. The number of hydrogen-bond acceptors (Lipinski definition) is 1. The predicted octanol–water partition coefficient (Wildman–Crippen LogP) is 2.86. The van der Waals surface area contributed by atoms with Crippen molar-refractivity contribution in [2.45, 2.75) is 47.1 Å².